The van der Waals surface area contributed by atoms with Gasteiger partial charge in [0.05, 0.1) is 32.1 Å². The SMILES string of the molecule is Cc1cn(C)c(S(=O)(=O)c2ccc(CNC(=O)c3cc4ccncc4o3)cc2)n1.O=C(NCc1ccc(S(=O)(=O)c2ccccc2)cc1)c1cnc2nccn2c1. The third kappa shape index (κ3) is 8.48. The number of furan rings is 1. The van der Waals surface area contributed by atoms with Crippen molar-refractivity contribution in [3.63, 3.8) is 0 Å². The van der Waals surface area contributed by atoms with E-state index in [1.54, 1.807) is 134 Å². The van der Waals surface area contributed by atoms with Crippen molar-refractivity contribution in [1.29, 1.82) is 0 Å². The van der Waals surface area contributed by atoms with E-state index in [1.165, 1.54) is 22.9 Å². The number of hydrogen-bond donors (Lipinski definition) is 2. The molecule has 17 heteroatoms. The molecule has 15 nitrogen and oxygen atoms in total. The van der Waals surface area contributed by atoms with Crippen LogP contribution in [0.5, 0.6) is 0 Å². The van der Waals surface area contributed by atoms with Crippen LogP contribution in [0.1, 0.15) is 37.7 Å². The maximum absolute atomic E-state index is 12.7. The zero-order valence-electron chi connectivity index (χ0n) is 30.5. The molecule has 288 valence electrons. The molecule has 8 rings (SSSR count). The van der Waals surface area contributed by atoms with Gasteiger partial charge in [-0.05, 0) is 66.6 Å². The maximum Gasteiger partial charge on any atom is 0.287 e. The van der Waals surface area contributed by atoms with Gasteiger partial charge in [0.15, 0.2) is 11.3 Å². The van der Waals surface area contributed by atoms with Crippen molar-refractivity contribution in [3.05, 3.63) is 163 Å². The molecule has 8 aromatic rings. The minimum atomic E-state index is -3.71. The van der Waals surface area contributed by atoms with E-state index < -0.39 is 19.7 Å². The summed E-state index contributed by atoms with van der Waals surface area (Å²) in [4.78, 5) is 41.4. The molecule has 5 aromatic heterocycles. The summed E-state index contributed by atoms with van der Waals surface area (Å²) in [6.45, 7) is 2.24. The predicted octanol–water partition coefficient (Wildman–Crippen LogP) is 5.12. The van der Waals surface area contributed by atoms with Gasteiger partial charge in [0, 0.05) is 62.7 Å². The van der Waals surface area contributed by atoms with E-state index in [4.69, 9.17) is 4.42 Å². The summed E-state index contributed by atoms with van der Waals surface area (Å²) >= 11 is 0. The summed E-state index contributed by atoms with van der Waals surface area (Å²) < 4.78 is 59.3. The smallest absolute Gasteiger partial charge is 0.287 e. The Hall–Kier alpha value is -6.98. The number of aromatic nitrogens is 6. The van der Waals surface area contributed by atoms with Crippen LogP contribution < -0.4 is 10.6 Å². The lowest BCUT2D eigenvalue weighted by atomic mass is 10.2. The first-order valence-corrected chi connectivity index (χ1v) is 20.3. The first-order valence-electron chi connectivity index (χ1n) is 17.3. The van der Waals surface area contributed by atoms with Crippen LogP contribution in [0.3, 0.4) is 0 Å². The van der Waals surface area contributed by atoms with Crippen molar-refractivity contribution in [3.8, 4) is 0 Å². The number of amides is 2. The third-order valence-corrected chi connectivity index (χ3v) is 12.2. The molecule has 0 radical (unpaired) electrons. The summed E-state index contributed by atoms with van der Waals surface area (Å²) in [5.74, 6) is 0.0783. The van der Waals surface area contributed by atoms with Gasteiger partial charge in [-0.3, -0.25) is 19.0 Å². The molecule has 5 heterocycles. The number of aryl methyl sites for hydroxylation is 2. The van der Waals surface area contributed by atoms with Crippen molar-refractivity contribution < 1.29 is 30.8 Å². The molecule has 2 amide bonds. The van der Waals surface area contributed by atoms with Crippen molar-refractivity contribution in [2.75, 3.05) is 0 Å². The van der Waals surface area contributed by atoms with Gasteiger partial charge < -0.3 is 19.6 Å². The highest BCUT2D eigenvalue weighted by atomic mass is 32.2. The Bertz CT molecular complexity index is 2910. The number of nitrogens with one attached hydrogen (secondary N) is 2. The number of sulfone groups is 2. The first-order chi connectivity index (χ1) is 27.4. The van der Waals surface area contributed by atoms with Gasteiger partial charge in [-0.2, -0.15) is 0 Å². The molecular formula is C40H34N8O7S2. The highest BCUT2D eigenvalue weighted by Crippen LogP contribution is 2.22. The van der Waals surface area contributed by atoms with Gasteiger partial charge in [-0.15, -0.1) is 0 Å². The number of carbonyl (C=O) groups excluding carboxylic acids is 2. The molecule has 0 unspecified atom stereocenters. The fourth-order valence-electron chi connectivity index (χ4n) is 5.74. The molecule has 0 atom stereocenters. The summed E-state index contributed by atoms with van der Waals surface area (Å²) in [6.07, 6.45) is 11.3. The number of imidazole rings is 2. The number of nitrogens with zero attached hydrogens (tertiary/aromatic N) is 6. The molecule has 0 aliphatic carbocycles. The number of hydrogen-bond acceptors (Lipinski definition) is 11. The highest BCUT2D eigenvalue weighted by molar-refractivity contribution is 7.91. The molecule has 0 bridgehead atoms. The van der Waals surface area contributed by atoms with Crippen molar-refractivity contribution in [1.82, 2.24) is 39.5 Å². The van der Waals surface area contributed by atoms with E-state index in [0.717, 1.165) is 16.5 Å². The van der Waals surface area contributed by atoms with E-state index in [2.05, 4.69) is 30.6 Å². The second-order valence-corrected chi connectivity index (χ2v) is 16.5. The quantitative estimate of drug-likeness (QED) is 0.186. The predicted molar refractivity (Wildman–Crippen MR) is 208 cm³/mol. The minimum Gasteiger partial charge on any atom is -0.449 e. The lowest BCUT2D eigenvalue weighted by molar-refractivity contribution is 0.0923. The third-order valence-electron chi connectivity index (χ3n) is 8.68. The van der Waals surface area contributed by atoms with Crippen molar-refractivity contribution in [2.24, 2.45) is 7.05 Å². The average molecular weight is 803 g/mol. The lowest BCUT2D eigenvalue weighted by Crippen LogP contribution is -2.23. The Balaban J connectivity index is 0.000000174. The van der Waals surface area contributed by atoms with Gasteiger partial charge >= 0.3 is 0 Å². The normalized spacial score (nSPS) is 11.5. The number of pyridine rings is 1. The van der Waals surface area contributed by atoms with Crippen LogP contribution >= 0.6 is 0 Å². The molecule has 0 spiro atoms. The zero-order chi connectivity index (χ0) is 40.2. The summed E-state index contributed by atoms with van der Waals surface area (Å²) in [7, 11) is -5.62. The van der Waals surface area contributed by atoms with Crippen LogP contribution in [-0.2, 0) is 39.8 Å². The van der Waals surface area contributed by atoms with E-state index in [1.807, 2.05) is 0 Å². The Morgan fingerprint density at radius 1 is 0.719 bits per heavy atom. The fourth-order valence-corrected chi connectivity index (χ4v) is 8.42. The van der Waals surface area contributed by atoms with E-state index in [-0.39, 0.29) is 50.5 Å². The van der Waals surface area contributed by atoms with Gasteiger partial charge in [-0.1, -0.05) is 42.5 Å². The second-order valence-electron chi connectivity index (χ2n) is 12.8. The average Bonchev–Trinajstić information content (AvgIpc) is 3.98. The van der Waals surface area contributed by atoms with Gasteiger partial charge in [0.25, 0.3) is 11.8 Å². The number of fused-ring (bicyclic) bond motifs is 2. The summed E-state index contributed by atoms with van der Waals surface area (Å²) in [5, 5.41) is 6.35. The number of carbonyl (C=O) groups is 2. The molecule has 0 fully saturated rings. The number of rotatable bonds is 10. The number of benzene rings is 3. The molecule has 0 aliphatic rings. The standard InChI is InChI=1S/C20H18N4O4S.C20H16N4O3S/c1-13-12-24(2)20(23-13)29(26,27)16-5-3-14(4-6-16)10-22-19(25)17-9-15-7-8-21-11-18(15)28-17;25-19(16-13-23-20-21-10-11-24(20)14-16)22-12-15-6-8-18(9-7-15)28(26,27)17-4-2-1-3-5-17/h3-9,11-12H,10H2,1-2H3,(H,22,25);1-11,13-14H,12H2,(H,22,25). The van der Waals surface area contributed by atoms with Gasteiger partial charge in [0.2, 0.25) is 30.6 Å². The topological polar surface area (TPSA) is 201 Å². The van der Waals surface area contributed by atoms with Crippen LogP contribution in [0.15, 0.2) is 159 Å². The van der Waals surface area contributed by atoms with Gasteiger partial charge in [0.1, 0.15) is 0 Å². The molecule has 0 saturated carbocycles. The highest BCUT2D eigenvalue weighted by Gasteiger charge is 2.23. The molecule has 0 saturated heterocycles. The largest absolute Gasteiger partial charge is 0.449 e. The fraction of sp³-hybridized carbons (Fsp3) is 0.100. The Morgan fingerprint density at radius 3 is 1.98 bits per heavy atom. The van der Waals surface area contributed by atoms with Crippen LogP contribution in [0.4, 0.5) is 0 Å². The van der Waals surface area contributed by atoms with E-state index in [9.17, 15) is 26.4 Å². The monoisotopic (exact) mass is 802 g/mol. The van der Waals surface area contributed by atoms with Gasteiger partial charge in [-0.25, -0.2) is 31.8 Å². The second kappa shape index (κ2) is 16.0. The summed E-state index contributed by atoms with van der Waals surface area (Å²) in [6, 6.07) is 24.5. The zero-order valence-corrected chi connectivity index (χ0v) is 32.1. The van der Waals surface area contributed by atoms with Crippen LogP contribution in [-0.4, -0.2) is 57.6 Å². The summed E-state index contributed by atoms with van der Waals surface area (Å²) in [5.41, 5.74) is 3.13. The van der Waals surface area contributed by atoms with Crippen molar-refractivity contribution in [2.45, 2.75) is 39.9 Å². The van der Waals surface area contributed by atoms with E-state index in [0.29, 0.717) is 22.6 Å². The Morgan fingerprint density at radius 2 is 1.35 bits per heavy atom. The lowest BCUT2D eigenvalue weighted by Gasteiger charge is -2.08. The molecule has 57 heavy (non-hydrogen) atoms. The van der Waals surface area contributed by atoms with E-state index >= 15 is 0 Å². The molecule has 2 N–H and O–H groups in total. The minimum absolute atomic E-state index is 0.00423. The Labute approximate surface area is 326 Å². The molecular weight excluding hydrogens is 769 g/mol. The maximum atomic E-state index is 12.7. The van der Waals surface area contributed by atoms with Crippen molar-refractivity contribution >= 4 is 48.2 Å². The molecule has 0 aliphatic heterocycles. The van der Waals surface area contributed by atoms with Crippen LogP contribution in [0, 0.1) is 6.92 Å². The van der Waals surface area contributed by atoms with Crippen LogP contribution in [0.25, 0.3) is 16.7 Å². The van der Waals surface area contributed by atoms with Crippen LogP contribution in [0.2, 0.25) is 0 Å². The molecule has 3 aromatic carbocycles. The first kappa shape index (κ1) is 38.3. The Kier molecular flexibility index (Phi) is 10.8.